The normalized spacial score (nSPS) is 10.5. The molecule has 0 saturated carbocycles. The summed E-state index contributed by atoms with van der Waals surface area (Å²) in [6.07, 6.45) is 1.67. The van der Waals surface area contributed by atoms with Crippen molar-refractivity contribution in [3.8, 4) is 23.0 Å². The van der Waals surface area contributed by atoms with Crippen LogP contribution >= 0.6 is 15.9 Å². The first-order chi connectivity index (χ1) is 15.6. The maximum Gasteiger partial charge on any atom is 0.323 e. The first-order valence-corrected chi connectivity index (χ1v) is 10.5. The van der Waals surface area contributed by atoms with Crippen LogP contribution in [-0.4, -0.2) is 25.2 Å². The van der Waals surface area contributed by atoms with Crippen LogP contribution in [0.2, 0.25) is 0 Å². The standard InChI is InChI=1S/C24H20BrN3O4/c1-30-22-13-19-20(14-23(22)31-2)26-12-11-21(19)32-18-9-7-17(8-10-18)28-24(29)27-16-5-3-15(25)4-6-16/h3-14H,1-2H3,(H2,27,28,29). The molecule has 4 aromatic rings. The quantitative estimate of drug-likeness (QED) is 0.322. The van der Waals surface area contributed by atoms with Crippen molar-refractivity contribution in [3.05, 3.63) is 77.4 Å². The molecule has 0 saturated heterocycles. The number of nitrogens with zero attached hydrogens (tertiary/aromatic N) is 1. The Balaban J connectivity index is 1.47. The molecule has 0 unspecified atom stereocenters. The minimum Gasteiger partial charge on any atom is -0.493 e. The lowest BCUT2D eigenvalue weighted by Crippen LogP contribution is -2.19. The zero-order valence-electron chi connectivity index (χ0n) is 17.4. The predicted octanol–water partition coefficient (Wildman–Crippen LogP) is 6.45. The van der Waals surface area contributed by atoms with Gasteiger partial charge in [-0.1, -0.05) is 15.9 Å². The van der Waals surface area contributed by atoms with Gasteiger partial charge in [0.05, 0.1) is 19.7 Å². The summed E-state index contributed by atoms with van der Waals surface area (Å²) in [7, 11) is 3.16. The number of carbonyl (C=O) groups excluding carboxylic acids is 1. The molecule has 4 rings (SSSR count). The summed E-state index contributed by atoms with van der Waals surface area (Å²) >= 11 is 3.37. The summed E-state index contributed by atoms with van der Waals surface area (Å²) in [6.45, 7) is 0. The third kappa shape index (κ3) is 4.92. The smallest absolute Gasteiger partial charge is 0.323 e. The molecule has 3 aromatic carbocycles. The number of nitrogens with one attached hydrogen (secondary N) is 2. The van der Waals surface area contributed by atoms with Crippen molar-refractivity contribution >= 4 is 44.2 Å². The number of pyridine rings is 1. The van der Waals surface area contributed by atoms with Crippen LogP contribution in [0.3, 0.4) is 0 Å². The molecule has 0 aliphatic carbocycles. The molecule has 0 atom stereocenters. The van der Waals surface area contributed by atoms with Crippen molar-refractivity contribution in [1.82, 2.24) is 4.98 Å². The second-order valence-electron chi connectivity index (χ2n) is 6.75. The van der Waals surface area contributed by atoms with Crippen molar-refractivity contribution in [2.24, 2.45) is 0 Å². The Morgan fingerprint density at radius 1 is 0.812 bits per heavy atom. The van der Waals surface area contributed by atoms with Gasteiger partial charge in [-0.25, -0.2) is 4.79 Å². The number of fused-ring (bicyclic) bond motifs is 1. The first kappa shape index (κ1) is 21.5. The van der Waals surface area contributed by atoms with Crippen molar-refractivity contribution in [3.63, 3.8) is 0 Å². The number of ether oxygens (including phenoxy) is 3. The van der Waals surface area contributed by atoms with Gasteiger partial charge >= 0.3 is 6.03 Å². The zero-order valence-corrected chi connectivity index (χ0v) is 19.0. The van der Waals surface area contributed by atoms with E-state index in [-0.39, 0.29) is 6.03 Å². The highest BCUT2D eigenvalue weighted by atomic mass is 79.9. The highest BCUT2D eigenvalue weighted by molar-refractivity contribution is 9.10. The van der Waals surface area contributed by atoms with E-state index in [2.05, 4.69) is 31.5 Å². The highest BCUT2D eigenvalue weighted by Crippen LogP contribution is 2.37. The van der Waals surface area contributed by atoms with Gasteiger partial charge in [0, 0.05) is 33.5 Å². The Hall–Kier alpha value is -3.78. The molecular weight excluding hydrogens is 474 g/mol. The second-order valence-corrected chi connectivity index (χ2v) is 7.66. The van der Waals surface area contributed by atoms with Crippen LogP contribution in [0.5, 0.6) is 23.0 Å². The van der Waals surface area contributed by atoms with Gasteiger partial charge in [-0.15, -0.1) is 0 Å². The highest BCUT2D eigenvalue weighted by Gasteiger charge is 2.11. The average Bonchev–Trinajstić information content (AvgIpc) is 2.81. The number of halogens is 1. The van der Waals surface area contributed by atoms with Gasteiger partial charge in [-0.3, -0.25) is 4.98 Å². The van der Waals surface area contributed by atoms with Crippen LogP contribution in [-0.2, 0) is 0 Å². The lowest BCUT2D eigenvalue weighted by atomic mass is 10.2. The molecule has 8 heteroatoms. The summed E-state index contributed by atoms with van der Waals surface area (Å²) in [5.74, 6) is 2.44. The van der Waals surface area contributed by atoms with E-state index >= 15 is 0 Å². The fraction of sp³-hybridized carbons (Fsp3) is 0.0833. The largest absolute Gasteiger partial charge is 0.493 e. The summed E-state index contributed by atoms with van der Waals surface area (Å²) < 4.78 is 17.7. The van der Waals surface area contributed by atoms with Crippen molar-refractivity contribution in [2.75, 3.05) is 24.9 Å². The maximum atomic E-state index is 12.2. The fourth-order valence-electron chi connectivity index (χ4n) is 3.10. The number of carbonyl (C=O) groups is 1. The van der Waals surface area contributed by atoms with E-state index in [4.69, 9.17) is 14.2 Å². The summed E-state index contributed by atoms with van der Waals surface area (Å²) in [6, 6.07) is 19.5. The topological polar surface area (TPSA) is 81.7 Å². The van der Waals surface area contributed by atoms with Gasteiger partial charge in [-0.05, 0) is 60.7 Å². The van der Waals surface area contributed by atoms with Crippen molar-refractivity contribution in [2.45, 2.75) is 0 Å². The molecule has 162 valence electrons. The van der Waals surface area contributed by atoms with Gasteiger partial charge in [0.2, 0.25) is 0 Å². The van der Waals surface area contributed by atoms with Crippen LogP contribution in [0.15, 0.2) is 77.4 Å². The van der Waals surface area contributed by atoms with E-state index in [1.165, 1.54) is 0 Å². The van der Waals surface area contributed by atoms with E-state index < -0.39 is 0 Å². The molecule has 1 heterocycles. The molecule has 7 nitrogen and oxygen atoms in total. The molecule has 0 spiro atoms. The van der Waals surface area contributed by atoms with Gasteiger partial charge < -0.3 is 24.8 Å². The van der Waals surface area contributed by atoms with Crippen LogP contribution in [0.4, 0.5) is 16.2 Å². The van der Waals surface area contributed by atoms with Crippen molar-refractivity contribution < 1.29 is 19.0 Å². The lowest BCUT2D eigenvalue weighted by Gasteiger charge is -2.13. The Bertz CT molecular complexity index is 1240. The molecule has 2 N–H and O–H groups in total. The minimum absolute atomic E-state index is 0.331. The number of methoxy groups -OCH3 is 2. The minimum atomic E-state index is -0.331. The molecule has 1 aromatic heterocycles. The Morgan fingerprint density at radius 3 is 2.03 bits per heavy atom. The third-order valence-electron chi connectivity index (χ3n) is 4.65. The van der Waals surface area contributed by atoms with E-state index in [0.29, 0.717) is 34.4 Å². The predicted molar refractivity (Wildman–Crippen MR) is 128 cm³/mol. The molecular formula is C24H20BrN3O4. The maximum absolute atomic E-state index is 12.2. The number of benzene rings is 3. The number of anilines is 2. The van der Waals surface area contributed by atoms with Gasteiger partial charge in [0.15, 0.2) is 11.5 Å². The van der Waals surface area contributed by atoms with E-state index in [9.17, 15) is 4.79 Å². The molecule has 0 aliphatic rings. The molecule has 0 fully saturated rings. The monoisotopic (exact) mass is 493 g/mol. The van der Waals surface area contributed by atoms with Gasteiger partial charge in [0.25, 0.3) is 0 Å². The van der Waals surface area contributed by atoms with Crippen LogP contribution in [0.1, 0.15) is 0 Å². The zero-order chi connectivity index (χ0) is 22.5. The van der Waals surface area contributed by atoms with E-state index in [1.807, 2.05) is 30.3 Å². The van der Waals surface area contributed by atoms with E-state index in [1.54, 1.807) is 56.8 Å². The SMILES string of the molecule is COc1cc2nccc(Oc3ccc(NC(=O)Nc4ccc(Br)cc4)cc3)c2cc1OC. The van der Waals surface area contributed by atoms with Gasteiger partial charge in [0.1, 0.15) is 11.5 Å². The average molecular weight is 494 g/mol. The fourth-order valence-corrected chi connectivity index (χ4v) is 3.36. The molecule has 0 aliphatic heterocycles. The lowest BCUT2D eigenvalue weighted by molar-refractivity contribution is 0.262. The van der Waals surface area contributed by atoms with Crippen LogP contribution < -0.4 is 24.8 Å². The Labute approximate surface area is 193 Å². The number of hydrogen-bond acceptors (Lipinski definition) is 5. The number of hydrogen-bond donors (Lipinski definition) is 2. The number of aromatic nitrogens is 1. The van der Waals surface area contributed by atoms with Crippen molar-refractivity contribution in [1.29, 1.82) is 0 Å². The Kier molecular flexibility index (Phi) is 6.42. The summed E-state index contributed by atoms with van der Waals surface area (Å²) in [5, 5.41) is 6.37. The Morgan fingerprint density at radius 2 is 1.41 bits per heavy atom. The summed E-state index contributed by atoms with van der Waals surface area (Å²) in [4.78, 5) is 16.6. The third-order valence-corrected chi connectivity index (χ3v) is 5.18. The van der Waals surface area contributed by atoms with Crippen LogP contribution in [0, 0.1) is 0 Å². The number of rotatable bonds is 6. The molecule has 2 amide bonds. The first-order valence-electron chi connectivity index (χ1n) is 9.68. The van der Waals surface area contributed by atoms with E-state index in [0.717, 1.165) is 15.4 Å². The molecule has 0 radical (unpaired) electrons. The summed E-state index contributed by atoms with van der Waals surface area (Å²) in [5.41, 5.74) is 2.06. The van der Waals surface area contributed by atoms with Gasteiger partial charge in [-0.2, -0.15) is 0 Å². The number of urea groups is 1. The van der Waals surface area contributed by atoms with Crippen LogP contribution in [0.25, 0.3) is 10.9 Å². The number of amides is 2. The molecule has 0 bridgehead atoms. The molecule has 32 heavy (non-hydrogen) atoms. The second kappa shape index (κ2) is 9.57.